The zero-order valence-electron chi connectivity index (χ0n) is 13.7. The SMILES string of the molecule is COc1ccc(C2CCOCC2)c2nc(NC(=O)c3ncn[nH]3)[nH]c12. The number of amides is 1. The molecule has 1 saturated heterocycles. The van der Waals surface area contributed by atoms with Gasteiger partial charge in [-0.1, -0.05) is 6.07 Å². The predicted molar refractivity (Wildman–Crippen MR) is 89.8 cm³/mol. The molecule has 130 valence electrons. The third-order valence-corrected chi connectivity index (χ3v) is 4.38. The number of H-pyrrole nitrogens is 2. The van der Waals surface area contributed by atoms with Gasteiger partial charge in [0.1, 0.15) is 17.6 Å². The molecule has 1 amide bonds. The minimum absolute atomic E-state index is 0.122. The number of hydrogen-bond donors (Lipinski definition) is 3. The van der Waals surface area contributed by atoms with Crippen molar-refractivity contribution in [3.8, 4) is 5.75 Å². The standard InChI is InChI=1S/C16H18N6O3/c1-24-11-3-2-10(9-4-6-25-7-5-9)12-13(11)20-16(19-12)21-15(23)14-17-8-18-22-14/h2-3,8-9H,4-7H2,1H3,(H,17,18,22)(H2,19,20,21,23). The third kappa shape index (κ3) is 2.93. The van der Waals surface area contributed by atoms with Crippen molar-refractivity contribution < 1.29 is 14.3 Å². The van der Waals surface area contributed by atoms with Gasteiger partial charge in [0.2, 0.25) is 11.8 Å². The van der Waals surface area contributed by atoms with Crippen molar-refractivity contribution in [3.05, 3.63) is 29.8 Å². The van der Waals surface area contributed by atoms with E-state index in [1.165, 1.54) is 6.33 Å². The minimum Gasteiger partial charge on any atom is -0.494 e. The van der Waals surface area contributed by atoms with Crippen LogP contribution in [0, 0.1) is 0 Å². The average Bonchev–Trinajstić information content (AvgIpc) is 3.31. The number of aromatic amines is 2. The summed E-state index contributed by atoms with van der Waals surface area (Å²) in [6.45, 7) is 1.50. The van der Waals surface area contributed by atoms with E-state index in [1.54, 1.807) is 7.11 Å². The number of rotatable bonds is 4. The summed E-state index contributed by atoms with van der Waals surface area (Å²) in [5.41, 5.74) is 2.70. The largest absolute Gasteiger partial charge is 0.494 e. The molecule has 2 aromatic heterocycles. The summed E-state index contributed by atoms with van der Waals surface area (Å²) in [4.78, 5) is 23.7. The number of hydrogen-bond acceptors (Lipinski definition) is 6. The number of carbonyl (C=O) groups excluding carboxylic acids is 1. The summed E-state index contributed by atoms with van der Waals surface area (Å²) in [6.07, 6.45) is 3.18. The highest BCUT2D eigenvalue weighted by Crippen LogP contribution is 2.35. The molecule has 3 heterocycles. The number of fused-ring (bicyclic) bond motifs is 1. The van der Waals surface area contributed by atoms with E-state index >= 15 is 0 Å². The van der Waals surface area contributed by atoms with Gasteiger partial charge < -0.3 is 14.5 Å². The van der Waals surface area contributed by atoms with Crippen molar-refractivity contribution in [1.29, 1.82) is 0 Å². The van der Waals surface area contributed by atoms with Crippen molar-refractivity contribution in [2.75, 3.05) is 25.6 Å². The molecule has 0 radical (unpaired) electrons. The lowest BCUT2D eigenvalue weighted by molar-refractivity contribution is 0.0856. The van der Waals surface area contributed by atoms with E-state index in [0.29, 0.717) is 17.6 Å². The Balaban J connectivity index is 1.70. The topological polar surface area (TPSA) is 118 Å². The minimum atomic E-state index is -0.414. The Morgan fingerprint density at radius 1 is 1.36 bits per heavy atom. The first-order valence-electron chi connectivity index (χ1n) is 8.07. The number of imidazole rings is 1. The van der Waals surface area contributed by atoms with E-state index in [2.05, 4.69) is 30.5 Å². The number of anilines is 1. The molecule has 0 saturated carbocycles. The molecular formula is C16H18N6O3. The van der Waals surface area contributed by atoms with Crippen LogP contribution >= 0.6 is 0 Å². The van der Waals surface area contributed by atoms with Gasteiger partial charge in [0, 0.05) is 13.2 Å². The van der Waals surface area contributed by atoms with Gasteiger partial charge in [-0.15, -0.1) is 0 Å². The third-order valence-electron chi connectivity index (χ3n) is 4.38. The molecule has 1 fully saturated rings. The number of nitrogens with zero attached hydrogens (tertiary/aromatic N) is 3. The van der Waals surface area contributed by atoms with Gasteiger partial charge in [-0.2, -0.15) is 5.10 Å². The summed E-state index contributed by atoms with van der Waals surface area (Å²) in [5, 5.41) is 8.89. The highest BCUT2D eigenvalue weighted by molar-refractivity contribution is 6.01. The second kappa shape index (κ2) is 6.52. The van der Waals surface area contributed by atoms with Crippen LogP contribution in [0.3, 0.4) is 0 Å². The molecule has 9 heteroatoms. The van der Waals surface area contributed by atoms with E-state index in [-0.39, 0.29) is 5.82 Å². The van der Waals surface area contributed by atoms with Crippen LogP contribution in [0.25, 0.3) is 11.0 Å². The number of nitrogens with one attached hydrogen (secondary N) is 3. The first-order valence-corrected chi connectivity index (χ1v) is 8.07. The predicted octanol–water partition coefficient (Wildman–Crippen LogP) is 1.84. The van der Waals surface area contributed by atoms with Gasteiger partial charge in [0.05, 0.1) is 12.6 Å². The lowest BCUT2D eigenvalue weighted by atomic mass is 9.90. The molecule has 0 aliphatic carbocycles. The summed E-state index contributed by atoms with van der Waals surface area (Å²) in [6, 6.07) is 3.97. The van der Waals surface area contributed by atoms with Gasteiger partial charge in [0.25, 0.3) is 5.91 Å². The van der Waals surface area contributed by atoms with Crippen molar-refractivity contribution in [2.24, 2.45) is 0 Å². The van der Waals surface area contributed by atoms with Gasteiger partial charge in [-0.05, 0) is 30.4 Å². The smallest absolute Gasteiger partial charge is 0.295 e. The van der Waals surface area contributed by atoms with E-state index in [9.17, 15) is 4.79 Å². The number of ether oxygens (including phenoxy) is 2. The fraction of sp³-hybridized carbons (Fsp3) is 0.375. The van der Waals surface area contributed by atoms with Crippen LogP contribution in [0.2, 0.25) is 0 Å². The van der Waals surface area contributed by atoms with Crippen LogP contribution in [0.15, 0.2) is 18.5 Å². The van der Waals surface area contributed by atoms with Gasteiger partial charge in [-0.3, -0.25) is 15.2 Å². The van der Waals surface area contributed by atoms with E-state index in [1.807, 2.05) is 12.1 Å². The van der Waals surface area contributed by atoms with Gasteiger partial charge in [0.15, 0.2) is 0 Å². The quantitative estimate of drug-likeness (QED) is 0.666. The van der Waals surface area contributed by atoms with Crippen molar-refractivity contribution >= 4 is 22.9 Å². The van der Waals surface area contributed by atoms with Crippen molar-refractivity contribution in [1.82, 2.24) is 25.1 Å². The van der Waals surface area contributed by atoms with Gasteiger partial charge in [-0.25, -0.2) is 9.97 Å². The molecule has 3 aromatic rings. The monoisotopic (exact) mass is 342 g/mol. The van der Waals surface area contributed by atoms with Crippen LogP contribution in [0.1, 0.15) is 34.9 Å². The fourth-order valence-corrected chi connectivity index (χ4v) is 3.14. The Labute approximate surface area is 143 Å². The Morgan fingerprint density at radius 3 is 2.92 bits per heavy atom. The number of carbonyl (C=O) groups is 1. The zero-order valence-corrected chi connectivity index (χ0v) is 13.7. The number of aromatic nitrogens is 5. The Kier molecular flexibility index (Phi) is 4.06. The maximum atomic E-state index is 12.1. The van der Waals surface area contributed by atoms with E-state index < -0.39 is 5.91 Å². The van der Waals surface area contributed by atoms with Crippen LogP contribution in [0.4, 0.5) is 5.95 Å². The lowest BCUT2D eigenvalue weighted by Crippen LogP contribution is -2.15. The summed E-state index contributed by atoms with van der Waals surface area (Å²) < 4.78 is 10.9. The number of benzene rings is 1. The van der Waals surface area contributed by atoms with Crippen molar-refractivity contribution in [3.63, 3.8) is 0 Å². The summed E-state index contributed by atoms with van der Waals surface area (Å²) in [5.74, 6) is 1.11. The first-order chi connectivity index (χ1) is 12.3. The van der Waals surface area contributed by atoms with E-state index in [4.69, 9.17) is 9.47 Å². The molecule has 0 atom stereocenters. The van der Waals surface area contributed by atoms with Crippen LogP contribution in [-0.4, -0.2) is 51.4 Å². The van der Waals surface area contributed by atoms with Crippen LogP contribution in [0.5, 0.6) is 5.75 Å². The Hall–Kier alpha value is -2.94. The molecule has 25 heavy (non-hydrogen) atoms. The molecule has 1 aliphatic rings. The molecule has 0 unspecified atom stereocenters. The second-order valence-electron chi connectivity index (χ2n) is 5.84. The maximum absolute atomic E-state index is 12.1. The molecular weight excluding hydrogens is 324 g/mol. The molecule has 0 bridgehead atoms. The average molecular weight is 342 g/mol. The maximum Gasteiger partial charge on any atom is 0.295 e. The van der Waals surface area contributed by atoms with Crippen molar-refractivity contribution in [2.45, 2.75) is 18.8 Å². The molecule has 4 rings (SSSR count). The first kappa shape index (κ1) is 15.6. The molecule has 0 spiro atoms. The zero-order chi connectivity index (χ0) is 17.2. The normalized spacial score (nSPS) is 15.4. The second-order valence-corrected chi connectivity index (χ2v) is 5.84. The van der Waals surface area contributed by atoms with Crippen LogP contribution < -0.4 is 10.1 Å². The Morgan fingerprint density at radius 2 is 2.20 bits per heavy atom. The summed E-state index contributed by atoms with van der Waals surface area (Å²) >= 11 is 0. The highest BCUT2D eigenvalue weighted by atomic mass is 16.5. The van der Waals surface area contributed by atoms with Crippen LogP contribution in [-0.2, 0) is 4.74 Å². The molecule has 1 aromatic carbocycles. The molecule has 1 aliphatic heterocycles. The molecule has 9 nitrogen and oxygen atoms in total. The Bertz CT molecular complexity index is 883. The highest BCUT2D eigenvalue weighted by Gasteiger charge is 2.22. The lowest BCUT2D eigenvalue weighted by Gasteiger charge is -2.22. The van der Waals surface area contributed by atoms with Gasteiger partial charge >= 0.3 is 0 Å². The summed E-state index contributed by atoms with van der Waals surface area (Å²) in [7, 11) is 1.61. The van der Waals surface area contributed by atoms with E-state index in [0.717, 1.165) is 42.7 Å². The molecule has 3 N–H and O–H groups in total. The fourth-order valence-electron chi connectivity index (χ4n) is 3.14. The number of methoxy groups -OCH3 is 1.